The average Bonchev–Trinajstić information content (AvgIpc) is 2.53. The number of nitrogens with zero attached hydrogens (tertiary/aromatic N) is 2. The van der Waals surface area contributed by atoms with Crippen molar-refractivity contribution in [2.75, 3.05) is 0 Å². The normalized spacial score (nSPS) is 17.3. The molecule has 0 saturated carbocycles. The first-order chi connectivity index (χ1) is 8.66. The largest absolute Gasteiger partial charge is 0.241 e. The van der Waals surface area contributed by atoms with Crippen molar-refractivity contribution in [3.05, 3.63) is 23.3 Å². The van der Waals surface area contributed by atoms with E-state index in [4.69, 9.17) is 11.6 Å². The van der Waals surface area contributed by atoms with E-state index in [-0.39, 0.29) is 5.38 Å². The maximum atomic E-state index is 6.43. The predicted octanol–water partition coefficient (Wildman–Crippen LogP) is 3.94. The highest BCUT2D eigenvalue weighted by Crippen LogP contribution is 2.23. The third-order valence-corrected chi connectivity index (χ3v) is 3.94. The van der Waals surface area contributed by atoms with E-state index in [1.54, 1.807) is 6.33 Å². The standard InChI is InChI=1S/C15H23ClN2/c1-11(2)8-12(16)9-15-13-6-4-3-5-7-14(13)17-10-18-15/h10-12H,3-9H2,1-2H3. The number of fused-ring (bicyclic) bond motifs is 1. The van der Waals surface area contributed by atoms with Gasteiger partial charge in [0.05, 0.1) is 0 Å². The summed E-state index contributed by atoms with van der Waals surface area (Å²) in [5, 5.41) is 0.201. The van der Waals surface area contributed by atoms with Crippen LogP contribution in [-0.2, 0) is 19.3 Å². The molecule has 3 heteroatoms. The third-order valence-electron chi connectivity index (χ3n) is 3.61. The van der Waals surface area contributed by atoms with Gasteiger partial charge in [0.2, 0.25) is 0 Å². The fraction of sp³-hybridized carbons (Fsp3) is 0.733. The topological polar surface area (TPSA) is 25.8 Å². The van der Waals surface area contributed by atoms with Gasteiger partial charge in [-0.1, -0.05) is 20.3 Å². The molecule has 2 rings (SSSR count). The van der Waals surface area contributed by atoms with E-state index >= 15 is 0 Å². The lowest BCUT2D eigenvalue weighted by Gasteiger charge is -2.15. The van der Waals surface area contributed by atoms with Crippen LogP contribution >= 0.6 is 11.6 Å². The van der Waals surface area contributed by atoms with E-state index in [0.29, 0.717) is 5.92 Å². The molecule has 0 N–H and O–H groups in total. The summed E-state index contributed by atoms with van der Waals surface area (Å²) in [6.07, 6.45) is 9.76. The summed E-state index contributed by atoms with van der Waals surface area (Å²) in [5.74, 6) is 0.646. The van der Waals surface area contributed by atoms with E-state index < -0.39 is 0 Å². The molecule has 1 heterocycles. The summed E-state index contributed by atoms with van der Waals surface area (Å²) in [6, 6.07) is 0. The number of rotatable bonds is 4. The molecule has 0 fully saturated rings. The lowest BCUT2D eigenvalue weighted by Crippen LogP contribution is -2.12. The molecule has 2 nitrogen and oxygen atoms in total. The molecule has 100 valence electrons. The zero-order valence-electron chi connectivity index (χ0n) is 11.5. The van der Waals surface area contributed by atoms with Gasteiger partial charge in [-0.25, -0.2) is 9.97 Å². The monoisotopic (exact) mass is 266 g/mol. The summed E-state index contributed by atoms with van der Waals surface area (Å²) < 4.78 is 0. The molecule has 0 amide bonds. The fourth-order valence-electron chi connectivity index (χ4n) is 2.75. The molecule has 1 atom stereocenters. The molecular formula is C15H23ClN2. The predicted molar refractivity (Wildman–Crippen MR) is 76.1 cm³/mol. The van der Waals surface area contributed by atoms with Crippen LogP contribution in [-0.4, -0.2) is 15.3 Å². The van der Waals surface area contributed by atoms with Crippen molar-refractivity contribution < 1.29 is 0 Å². The number of aromatic nitrogens is 2. The molecule has 0 spiro atoms. The Hall–Kier alpha value is -0.630. The zero-order valence-corrected chi connectivity index (χ0v) is 12.2. The van der Waals surface area contributed by atoms with Gasteiger partial charge in [0.25, 0.3) is 0 Å². The van der Waals surface area contributed by atoms with Gasteiger partial charge in [0.15, 0.2) is 0 Å². The molecule has 0 bridgehead atoms. The highest BCUT2D eigenvalue weighted by atomic mass is 35.5. The van der Waals surface area contributed by atoms with Crippen LogP contribution in [0.1, 0.15) is 56.5 Å². The number of hydrogen-bond acceptors (Lipinski definition) is 2. The van der Waals surface area contributed by atoms with Crippen molar-refractivity contribution in [1.82, 2.24) is 9.97 Å². The van der Waals surface area contributed by atoms with Gasteiger partial charge in [-0.15, -0.1) is 11.6 Å². The fourth-order valence-corrected chi connectivity index (χ4v) is 3.25. The average molecular weight is 267 g/mol. The molecule has 0 aromatic carbocycles. The highest BCUT2D eigenvalue weighted by molar-refractivity contribution is 6.20. The van der Waals surface area contributed by atoms with E-state index in [2.05, 4.69) is 23.8 Å². The van der Waals surface area contributed by atoms with Crippen LogP contribution < -0.4 is 0 Å². The van der Waals surface area contributed by atoms with Gasteiger partial charge in [-0.3, -0.25) is 0 Å². The number of hydrogen-bond donors (Lipinski definition) is 0. The SMILES string of the molecule is CC(C)CC(Cl)Cc1ncnc2c1CCCCC2. The zero-order chi connectivity index (χ0) is 13.0. The van der Waals surface area contributed by atoms with Crippen LogP contribution in [0.2, 0.25) is 0 Å². The third kappa shape index (κ3) is 3.68. The van der Waals surface area contributed by atoms with Crippen LogP contribution in [0.5, 0.6) is 0 Å². The Bertz CT molecular complexity index is 390. The van der Waals surface area contributed by atoms with Crippen LogP contribution in [0.25, 0.3) is 0 Å². The Morgan fingerprint density at radius 2 is 1.94 bits per heavy atom. The molecule has 0 radical (unpaired) electrons. The number of aryl methyl sites for hydroxylation is 1. The van der Waals surface area contributed by atoms with Crippen molar-refractivity contribution in [2.45, 2.75) is 64.2 Å². The molecule has 1 aliphatic rings. The van der Waals surface area contributed by atoms with Crippen molar-refractivity contribution in [1.29, 1.82) is 0 Å². The van der Waals surface area contributed by atoms with Crippen molar-refractivity contribution in [3.8, 4) is 0 Å². The lowest BCUT2D eigenvalue weighted by molar-refractivity contribution is 0.557. The summed E-state index contributed by atoms with van der Waals surface area (Å²) in [5.41, 5.74) is 3.86. The smallest absolute Gasteiger partial charge is 0.115 e. The Morgan fingerprint density at radius 1 is 1.17 bits per heavy atom. The van der Waals surface area contributed by atoms with Crippen molar-refractivity contribution in [2.24, 2.45) is 5.92 Å². The van der Waals surface area contributed by atoms with Gasteiger partial charge < -0.3 is 0 Å². The van der Waals surface area contributed by atoms with Gasteiger partial charge in [-0.05, 0) is 43.6 Å². The quantitative estimate of drug-likeness (QED) is 0.609. The highest BCUT2D eigenvalue weighted by Gasteiger charge is 2.17. The van der Waals surface area contributed by atoms with Crippen LogP contribution in [0.4, 0.5) is 0 Å². The molecule has 18 heavy (non-hydrogen) atoms. The molecule has 0 aliphatic heterocycles. The number of alkyl halides is 1. The molecule has 1 aromatic heterocycles. The molecule has 1 aromatic rings. The molecular weight excluding hydrogens is 244 g/mol. The van der Waals surface area contributed by atoms with Gasteiger partial charge in [0.1, 0.15) is 6.33 Å². The maximum absolute atomic E-state index is 6.43. The summed E-state index contributed by atoms with van der Waals surface area (Å²) in [7, 11) is 0. The molecule has 1 aliphatic carbocycles. The summed E-state index contributed by atoms with van der Waals surface area (Å²) >= 11 is 6.43. The summed E-state index contributed by atoms with van der Waals surface area (Å²) in [6.45, 7) is 4.44. The van der Waals surface area contributed by atoms with Crippen LogP contribution in [0.3, 0.4) is 0 Å². The van der Waals surface area contributed by atoms with Crippen LogP contribution in [0.15, 0.2) is 6.33 Å². The minimum Gasteiger partial charge on any atom is -0.241 e. The molecule has 1 unspecified atom stereocenters. The van der Waals surface area contributed by atoms with Crippen LogP contribution in [0, 0.1) is 5.92 Å². The van der Waals surface area contributed by atoms with E-state index in [9.17, 15) is 0 Å². The second kappa shape index (κ2) is 6.51. The first-order valence-electron chi connectivity index (χ1n) is 7.12. The Labute approximate surface area is 115 Å². The minimum absolute atomic E-state index is 0.201. The maximum Gasteiger partial charge on any atom is 0.115 e. The van der Waals surface area contributed by atoms with Gasteiger partial charge in [-0.2, -0.15) is 0 Å². The van der Waals surface area contributed by atoms with E-state index in [0.717, 1.165) is 25.7 Å². The van der Waals surface area contributed by atoms with Gasteiger partial charge in [0, 0.05) is 23.2 Å². The lowest BCUT2D eigenvalue weighted by atomic mass is 9.99. The first kappa shape index (κ1) is 13.8. The summed E-state index contributed by atoms with van der Waals surface area (Å²) in [4.78, 5) is 8.94. The molecule has 0 saturated heterocycles. The second-order valence-corrected chi connectivity index (χ2v) is 6.35. The van der Waals surface area contributed by atoms with Gasteiger partial charge >= 0.3 is 0 Å². The Kier molecular flexibility index (Phi) is 4.99. The Morgan fingerprint density at radius 3 is 2.72 bits per heavy atom. The van der Waals surface area contributed by atoms with Crippen molar-refractivity contribution in [3.63, 3.8) is 0 Å². The van der Waals surface area contributed by atoms with E-state index in [1.165, 1.54) is 36.2 Å². The first-order valence-corrected chi connectivity index (χ1v) is 7.56. The van der Waals surface area contributed by atoms with E-state index in [1.807, 2.05) is 0 Å². The van der Waals surface area contributed by atoms with Crippen molar-refractivity contribution >= 4 is 11.6 Å². The second-order valence-electron chi connectivity index (χ2n) is 5.74. The Balaban J connectivity index is 2.13. The minimum atomic E-state index is 0.201. The number of halogens is 1.